The number of nitrogens with two attached hydrogens (primary N) is 1. The van der Waals surface area contributed by atoms with Crippen LogP contribution < -0.4 is 20.7 Å². The fourth-order valence-electron chi connectivity index (χ4n) is 5.08. The van der Waals surface area contributed by atoms with Crippen molar-refractivity contribution in [3.05, 3.63) is 54.4 Å². The summed E-state index contributed by atoms with van der Waals surface area (Å²) < 4.78 is 13.9. The van der Waals surface area contributed by atoms with Gasteiger partial charge in [-0.3, -0.25) is 0 Å². The Morgan fingerprint density at radius 3 is 2.76 bits per heavy atom. The Morgan fingerprint density at radius 2 is 1.97 bits per heavy atom. The molecule has 0 saturated carbocycles. The molecule has 1 aliphatic rings. The number of benzene rings is 2. The minimum absolute atomic E-state index is 0.477. The van der Waals surface area contributed by atoms with Gasteiger partial charge in [0, 0.05) is 54.9 Å². The van der Waals surface area contributed by atoms with Gasteiger partial charge >= 0.3 is 0 Å². The molecule has 9 heteroatoms. The maximum absolute atomic E-state index is 6.55. The highest BCUT2D eigenvalue weighted by Crippen LogP contribution is 2.38. The van der Waals surface area contributed by atoms with Crippen LogP contribution in [0.4, 0.5) is 23.0 Å². The predicted molar refractivity (Wildman–Crippen MR) is 154 cm³/mol. The van der Waals surface area contributed by atoms with E-state index in [1.54, 1.807) is 13.3 Å². The SMILES string of the molecule is CCN(C)CCN(CC)c1cc(OC)c(Nc2nccc(-c3c4n(c5ccccc35)CCOC4)n2)cc1N. The maximum atomic E-state index is 6.55. The summed E-state index contributed by atoms with van der Waals surface area (Å²) in [6.07, 6.45) is 1.78. The largest absolute Gasteiger partial charge is 0.494 e. The summed E-state index contributed by atoms with van der Waals surface area (Å²) in [6.45, 7) is 10.1. The molecule has 2 aromatic heterocycles. The van der Waals surface area contributed by atoms with Gasteiger partial charge < -0.3 is 34.9 Å². The number of rotatable bonds is 10. The lowest BCUT2D eigenvalue weighted by atomic mass is 10.1. The molecule has 5 rings (SSSR count). The van der Waals surface area contributed by atoms with E-state index < -0.39 is 0 Å². The highest BCUT2D eigenvalue weighted by Gasteiger charge is 2.22. The predicted octanol–water partition coefficient (Wildman–Crippen LogP) is 4.74. The first-order valence-corrected chi connectivity index (χ1v) is 13.2. The molecule has 9 nitrogen and oxygen atoms in total. The zero-order valence-corrected chi connectivity index (χ0v) is 22.7. The van der Waals surface area contributed by atoms with Crippen molar-refractivity contribution in [3.63, 3.8) is 0 Å². The standard InChI is InChI=1S/C29H37N7O2/c1-5-34(3)13-14-35(6-2)25-18-27(37-4)23(17-21(25)30)33-29-31-12-11-22(32-29)28-20-9-7-8-10-24(20)36-15-16-38-19-26(28)36/h7-12,17-18H,5-6,13-16,19,30H2,1-4H3,(H,31,32,33). The van der Waals surface area contributed by atoms with Crippen LogP contribution in [0.15, 0.2) is 48.7 Å². The van der Waals surface area contributed by atoms with Gasteiger partial charge in [0.1, 0.15) is 5.75 Å². The molecule has 0 radical (unpaired) electrons. The highest BCUT2D eigenvalue weighted by molar-refractivity contribution is 5.97. The van der Waals surface area contributed by atoms with Gasteiger partial charge in [0.25, 0.3) is 0 Å². The van der Waals surface area contributed by atoms with E-state index in [0.29, 0.717) is 30.6 Å². The quantitative estimate of drug-likeness (QED) is 0.293. The van der Waals surface area contributed by atoms with E-state index >= 15 is 0 Å². The average molecular weight is 516 g/mol. The van der Waals surface area contributed by atoms with Crippen LogP contribution in [0.25, 0.3) is 22.2 Å². The molecule has 0 fully saturated rings. The van der Waals surface area contributed by atoms with Crippen LogP contribution in [-0.2, 0) is 17.9 Å². The van der Waals surface area contributed by atoms with Crippen molar-refractivity contribution in [3.8, 4) is 17.0 Å². The molecule has 0 spiro atoms. The summed E-state index contributed by atoms with van der Waals surface area (Å²) in [4.78, 5) is 14.0. The molecule has 0 unspecified atom stereocenters. The van der Waals surface area contributed by atoms with Crippen molar-refractivity contribution in [1.29, 1.82) is 0 Å². The van der Waals surface area contributed by atoms with E-state index in [1.165, 1.54) is 5.52 Å². The minimum Gasteiger partial charge on any atom is -0.494 e. The van der Waals surface area contributed by atoms with E-state index in [1.807, 2.05) is 18.2 Å². The molecule has 3 heterocycles. The Bertz CT molecular complexity index is 1420. The van der Waals surface area contributed by atoms with Crippen LogP contribution in [0.2, 0.25) is 0 Å². The van der Waals surface area contributed by atoms with E-state index in [9.17, 15) is 0 Å². The second-order valence-corrected chi connectivity index (χ2v) is 9.52. The van der Waals surface area contributed by atoms with Crippen molar-refractivity contribution >= 4 is 33.9 Å². The molecule has 0 amide bonds. The molecule has 200 valence electrons. The molecule has 0 aliphatic carbocycles. The number of nitrogens with one attached hydrogen (secondary N) is 1. The second-order valence-electron chi connectivity index (χ2n) is 9.52. The number of aromatic nitrogens is 3. The molecular formula is C29H37N7O2. The zero-order valence-electron chi connectivity index (χ0n) is 22.7. The van der Waals surface area contributed by atoms with Crippen LogP contribution in [0.5, 0.6) is 5.75 Å². The van der Waals surface area contributed by atoms with Gasteiger partial charge in [-0.25, -0.2) is 9.97 Å². The Morgan fingerprint density at radius 1 is 1.13 bits per heavy atom. The van der Waals surface area contributed by atoms with Crippen molar-refractivity contribution < 1.29 is 9.47 Å². The van der Waals surface area contributed by atoms with E-state index in [4.69, 9.17) is 20.2 Å². The van der Waals surface area contributed by atoms with Crippen molar-refractivity contribution in [2.45, 2.75) is 27.0 Å². The van der Waals surface area contributed by atoms with Gasteiger partial charge in [0.05, 0.1) is 48.8 Å². The van der Waals surface area contributed by atoms with Crippen molar-refractivity contribution in [1.82, 2.24) is 19.4 Å². The minimum atomic E-state index is 0.477. The second kappa shape index (κ2) is 11.3. The summed E-state index contributed by atoms with van der Waals surface area (Å²) in [6, 6.07) is 14.3. The Labute approximate surface area is 224 Å². The summed E-state index contributed by atoms with van der Waals surface area (Å²) in [7, 11) is 3.79. The fourth-order valence-corrected chi connectivity index (χ4v) is 5.08. The third-order valence-electron chi connectivity index (χ3n) is 7.30. The summed E-state index contributed by atoms with van der Waals surface area (Å²) in [5.41, 5.74) is 13.2. The number of ether oxygens (including phenoxy) is 2. The fraction of sp³-hybridized carbons (Fsp3) is 0.379. The van der Waals surface area contributed by atoms with Crippen LogP contribution in [0.3, 0.4) is 0 Å². The first-order chi connectivity index (χ1) is 18.5. The molecule has 2 aromatic carbocycles. The van der Waals surface area contributed by atoms with Crippen LogP contribution in [0.1, 0.15) is 19.5 Å². The smallest absolute Gasteiger partial charge is 0.227 e. The van der Waals surface area contributed by atoms with Crippen molar-refractivity contribution in [2.75, 3.05) is 62.9 Å². The molecule has 0 bridgehead atoms. The Kier molecular flexibility index (Phi) is 7.67. The first kappa shape index (κ1) is 25.8. The average Bonchev–Trinajstić information content (AvgIpc) is 3.28. The van der Waals surface area contributed by atoms with Gasteiger partial charge in [-0.05, 0) is 38.7 Å². The number of likely N-dealkylation sites (N-methyl/N-ethyl adjacent to an activating group) is 2. The molecule has 0 atom stereocenters. The molecule has 0 saturated heterocycles. The number of nitrogen functional groups attached to an aromatic ring is 1. The number of hydrogen-bond acceptors (Lipinski definition) is 8. The number of anilines is 4. The first-order valence-electron chi connectivity index (χ1n) is 13.2. The van der Waals surface area contributed by atoms with Gasteiger partial charge in [0.2, 0.25) is 5.95 Å². The number of hydrogen-bond donors (Lipinski definition) is 2. The van der Waals surface area contributed by atoms with Crippen LogP contribution in [-0.4, -0.2) is 66.4 Å². The maximum Gasteiger partial charge on any atom is 0.227 e. The number of nitrogens with zero attached hydrogens (tertiary/aromatic N) is 5. The molecule has 38 heavy (non-hydrogen) atoms. The zero-order chi connectivity index (χ0) is 26.6. The lowest BCUT2D eigenvalue weighted by Crippen LogP contribution is -2.33. The van der Waals surface area contributed by atoms with Gasteiger partial charge in [0.15, 0.2) is 0 Å². The van der Waals surface area contributed by atoms with Gasteiger partial charge in [-0.15, -0.1) is 0 Å². The van der Waals surface area contributed by atoms with Gasteiger partial charge in [-0.2, -0.15) is 0 Å². The molecule has 4 aromatic rings. The Hall–Kier alpha value is -3.82. The topological polar surface area (TPSA) is 93.7 Å². The van der Waals surface area contributed by atoms with Gasteiger partial charge in [-0.1, -0.05) is 25.1 Å². The number of methoxy groups -OCH3 is 1. The number of fused-ring (bicyclic) bond motifs is 3. The van der Waals surface area contributed by atoms with E-state index in [-0.39, 0.29) is 0 Å². The Balaban J connectivity index is 1.46. The lowest BCUT2D eigenvalue weighted by molar-refractivity contribution is 0.0869. The van der Waals surface area contributed by atoms with E-state index in [2.05, 4.69) is 69.8 Å². The summed E-state index contributed by atoms with van der Waals surface area (Å²) >= 11 is 0. The van der Waals surface area contributed by atoms with Crippen LogP contribution >= 0.6 is 0 Å². The third kappa shape index (κ3) is 4.99. The summed E-state index contributed by atoms with van der Waals surface area (Å²) in [5, 5.41) is 4.51. The van der Waals surface area contributed by atoms with E-state index in [0.717, 1.165) is 66.4 Å². The summed E-state index contributed by atoms with van der Waals surface area (Å²) in [5.74, 6) is 1.16. The lowest BCUT2D eigenvalue weighted by Gasteiger charge is -2.28. The number of para-hydroxylation sites is 1. The molecule has 1 aliphatic heterocycles. The van der Waals surface area contributed by atoms with Crippen LogP contribution in [0, 0.1) is 0 Å². The van der Waals surface area contributed by atoms with Crippen molar-refractivity contribution in [2.24, 2.45) is 0 Å². The molecule has 3 N–H and O–H groups in total. The monoisotopic (exact) mass is 515 g/mol. The normalized spacial score (nSPS) is 13.1. The molecular weight excluding hydrogens is 478 g/mol. The third-order valence-corrected chi connectivity index (χ3v) is 7.30. The highest BCUT2D eigenvalue weighted by atomic mass is 16.5.